The molecule has 2 aliphatic rings. The molecule has 4 nitrogen and oxygen atoms in total. The third-order valence-corrected chi connectivity index (χ3v) is 7.19. The van der Waals surface area contributed by atoms with Crippen molar-refractivity contribution in [2.75, 3.05) is 0 Å². The number of ketones is 2. The number of fused-ring (bicyclic) bond motifs is 2. The van der Waals surface area contributed by atoms with Crippen LogP contribution < -0.4 is 0 Å². The van der Waals surface area contributed by atoms with Crippen molar-refractivity contribution in [3.63, 3.8) is 0 Å². The van der Waals surface area contributed by atoms with Crippen LogP contribution in [0, 0.1) is 0 Å². The number of halogens is 6. The second kappa shape index (κ2) is 12.9. The Kier molecular flexibility index (Phi) is 10.8. The maximum absolute atomic E-state index is 12.2. The summed E-state index contributed by atoms with van der Waals surface area (Å²) in [5.74, 6) is -3.10. The van der Waals surface area contributed by atoms with E-state index in [0.29, 0.717) is 35.4 Å². The molecule has 13 heteroatoms. The molecule has 0 unspecified atom stereocenters. The zero-order chi connectivity index (χ0) is 28.4. The van der Waals surface area contributed by atoms with Crippen molar-refractivity contribution in [3.8, 4) is 0 Å². The number of hydrogen-bond donors (Lipinski definition) is 0. The summed E-state index contributed by atoms with van der Waals surface area (Å²) < 4.78 is 72.9. The van der Waals surface area contributed by atoms with Crippen LogP contribution in [0.25, 0.3) is 10.6 Å². The summed E-state index contributed by atoms with van der Waals surface area (Å²) in [5, 5.41) is 8.18. The van der Waals surface area contributed by atoms with E-state index in [4.69, 9.17) is 0 Å². The van der Waals surface area contributed by atoms with Crippen molar-refractivity contribution >= 4 is 46.5 Å². The summed E-state index contributed by atoms with van der Waals surface area (Å²) in [4.78, 5) is 23.3. The average Bonchev–Trinajstić information content (AvgIpc) is 3.39. The number of thioether (sulfide) groups is 2. The van der Waals surface area contributed by atoms with Crippen molar-refractivity contribution in [3.05, 3.63) is 80.4 Å². The van der Waals surface area contributed by atoms with Gasteiger partial charge in [-0.05, 0) is 57.0 Å². The van der Waals surface area contributed by atoms with Crippen LogP contribution in [-0.2, 0) is 26.1 Å². The molecule has 4 rings (SSSR count). The summed E-state index contributed by atoms with van der Waals surface area (Å²) >= 11 is 2.17. The van der Waals surface area contributed by atoms with Crippen molar-refractivity contribution < 1.29 is 52.4 Å². The minimum absolute atomic E-state index is 0. The molecule has 0 N–H and O–H groups in total. The fraction of sp³-hybridized carbons (Fsp3) is 0.308. The molecule has 0 saturated carbocycles. The first-order chi connectivity index (χ1) is 17.5. The van der Waals surface area contributed by atoms with Gasteiger partial charge in [-0.25, -0.2) is 0 Å². The molecular formula is C26H22F6N2NiO2S2. The molecule has 0 aromatic heterocycles. The molecule has 0 radical (unpaired) electrons. The third-order valence-electron chi connectivity index (χ3n) is 5.26. The summed E-state index contributed by atoms with van der Waals surface area (Å²) in [7, 11) is 0. The summed E-state index contributed by atoms with van der Waals surface area (Å²) in [6.45, 7) is 8.12. The predicted molar refractivity (Wildman–Crippen MR) is 137 cm³/mol. The van der Waals surface area contributed by atoms with Crippen molar-refractivity contribution in [1.29, 1.82) is 0 Å². The second-order valence-corrected chi connectivity index (χ2v) is 11.0. The topological polar surface area (TPSA) is 62.3 Å². The number of alkyl halides is 6. The van der Waals surface area contributed by atoms with Crippen LogP contribution in [0.5, 0.6) is 0 Å². The van der Waals surface area contributed by atoms with Gasteiger partial charge in [-0.2, -0.15) is 26.3 Å². The Balaban J connectivity index is 0.000000267. The quantitative estimate of drug-likeness (QED) is 0.192. The van der Waals surface area contributed by atoms with Gasteiger partial charge in [0.1, 0.15) is 0 Å². The Morgan fingerprint density at radius 2 is 1.03 bits per heavy atom. The standard InChI is InChI=1S/2C13H12F3NOS.Ni/c2*1-7(2)8-3-4-9-10(5-8)19-12(17-9)6-11(18)13(14,15)16;/h2*3-7H,1-2H3,(H,17,18);/q;;+2/p-2. The molecule has 0 bridgehead atoms. The maximum Gasteiger partial charge on any atom is 2.00 e. The van der Waals surface area contributed by atoms with Crippen LogP contribution >= 0.6 is 23.5 Å². The number of benzene rings is 2. The fourth-order valence-corrected chi connectivity index (χ4v) is 5.04. The molecule has 2 aromatic carbocycles. The molecule has 2 aromatic rings. The third kappa shape index (κ3) is 8.81. The number of rotatable bonds is 4. The second-order valence-electron chi connectivity index (χ2n) is 8.88. The molecule has 212 valence electrons. The number of allylic oxidation sites excluding steroid dienone is 2. The van der Waals surface area contributed by atoms with Gasteiger partial charge in [0.2, 0.25) is 0 Å². The Bertz CT molecular complexity index is 1200. The van der Waals surface area contributed by atoms with Crippen LogP contribution in [-0.4, -0.2) is 23.9 Å². The molecule has 2 heterocycles. The Morgan fingerprint density at radius 3 is 1.31 bits per heavy atom. The van der Waals surface area contributed by atoms with Crippen molar-refractivity contribution in [2.24, 2.45) is 0 Å². The van der Waals surface area contributed by atoms with E-state index in [2.05, 4.69) is 10.6 Å². The van der Waals surface area contributed by atoms with E-state index >= 15 is 0 Å². The largest absolute Gasteiger partial charge is 2.00 e. The predicted octanol–water partition coefficient (Wildman–Crippen LogP) is 9.78. The zero-order valence-corrected chi connectivity index (χ0v) is 23.5. The van der Waals surface area contributed by atoms with E-state index in [-0.39, 0.29) is 26.5 Å². The minimum atomic E-state index is -4.85. The van der Waals surface area contributed by atoms with Gasteiger partial charge < -0.3 is 10.6 Å². The first kappa shape index (κ1) is 32.8. The molecule has 0 saturated heterocycles. The molecule has 0 atom stereocenters. The average molecular weight is 631 g/mol. The first-order valence-electron chi connectivity index (χ1n) is 11.3. The molecule has 0 spiro atoms. The van der Waals surface area contributed by atoms with Gasteiger partial charge in [0, 0.05) is 0 Å². The van der Waals surface area contributed by atoms with Crippen LogP contribution in [0.1, 0.15) is 50.7 Å². The SMILES string of the molecule is CC(C)c1ccc2c(c1)S/C(=C/C(=O)C(F)(F)F)[N-]2.CC(C)c1ccc2c(c1)S/C(=C/C(=O)C(F)(F)F)[N-]2.[Ni+2]. The summed E-state index contributed by atoms with van der Waals surface area (Å²) in [6.07, 6.45) is -8.61. The van der Waals surface area contributed by atoms with Gasteiger partial charge in [0.05, 0.1) is 0 Å². The van der Waals surface area contributed by atoms with E-state index < -0.39 is 23.9 Å². The van der Waals surface area contributed by atoms with Gasteiger partial charge in [-0.1, -0.05) is 62.0 Å². The Hall–Kier alpha value is -2.37. The summed E-state index contributed by atoms with van der Waals surface area (Å²) in [6, 6.07) is 11.1. The van der Waals surface area contributed by atoms with Crippen molar-refractivity contribution in [1.82, 2.24) is 0 Å². The number of nitrogens with zero attached hydrogens (tertiary/aromatic N) is 2. The van der Waals surface area contributed by atoms with E-state index in [1.165, 1.54) is 0 Å². The van der Waals surface area contributed by atoms with Crippen LogP contribution in [0.15, 0.2) is 68.4 Å². The molecule has 0 aliphatic carbocycles. The van der Waals surface area contributed by atoms with E-state index in [1.54, 1.807) is 12.1 Å². The molecular weight excluding hydrogens is 609 g/mol. The minimum Gasteiger partial charge on any atom is -0.651 e. The molecule has 0 fully saturated rings. The first-order valence-corrected chi connectivity index (χ1v) is 12.9. The van der Waals surface area contributed by atoms with Gasteiger partial charge in [-0.15, -0.1) is 34.9 Å². The molecule has 39 heavy (non-hydrogen) atoms. The fourth-order valence-electron chi connectivity index (χ4n) is 3.15. The van der Waals surface area contributed by atoms with E-state index in [9.17, 15) is 35.9 Å². The van der Waals surface area contributed by atoms with E-state index in [1.807, 2.05) is 52.0 Å². The monoisotopic (exact) mass is 630 g/mol. The van der Waals surface area contributed by atoms with Crippen LogP contribution in [0.2, 0.25) is 0 Å². The number of hydrogen-bond acceptors (Lipinski definition) is 4. The van der Waals surface area contributed by atoms with Gasteiger partial charge in [-0.3, -0.25) is 9.59 Å². The summed E-state index contributed by atoms with van der Waals surface area (Å²) in [5.41, 5.74) is 3.39. The van der Waals surface area contributed by atoms with Gasteiger partial charge >= 0.3 is 28.8 Å². The Morgan fingerprint density at radius 1 is 0.692 bits per heavy atom. The smallest absolute Gasteiger partial charge is 0.651 e. The molecule has 0 amide bonds. The van der Waals surface area contributed by atoms with E-state index in [0.717, 1.165) is 44.4 Å². The number of carbonyl (C=O) groups excluding carboxylic acids is 2. The van der Waals surface area contributed by atoms with Gasteiger partial charge in [0.15, 0.2) is 0 Å². The normalized spacial score (nSPS) is 16.2. The Labute approximate surface area is 240 Å². The van der Waals surface area contributed by atoms with Crippen LogP contribution in [0.3, 0.4) is 0 Å². The van der Waals surface area contributed by atoms with Crippen molar-refractivity contribution in [2.45, 2.75) is 61.7 Å². The maximum atomic E-state index is 12.2. The zero-order valence-electron chi connectivity index (χ0n) is 20.9. The van der Waals surface area contributed by atoms with Crippen LogP contribution in [0.4, 0.5) is 37.7 Å². The van der Waals surface area contributed by atoms with Gasteiger partial charge in [0.25, 0.3) is 11.6 Å². The molecule has 2 aliphatic heterocycles. The number of carbonyl (C=O) groups is 2.